The molecule has 0 saturated carbocycles. The van der Waals surface area contributed by atoms with E-state index in [1.165, 1.54) is 16.0 Å². The van der Waals surface area contributed by atoms with E-state index in [0.29, 0.717) is 26.1 Å². The zero-order chi connectivity index (χ0) is 17.9. The van der Waals surface area contributed by atoms with Crippen molar-refractivity contribution in [2.75, 3.05) is 18.5 Å². The third-order valence-electron chi connectivity index (χ3n) is 4.51. The number of hydrogen-bond acceptors (Lipinski definition) is 4. The number of hydrogen-bond donors (Lipinski definition) is 2. The Labute approximate surface area is 165 Å². The van der Waals surface area contributed by atoms with Gasteiger partial charge in [-0.1, -0.05) is 29.5 Å². The third kappa shape index (κ3) is 5.01. The van der Waals surface area contributed by atoms with Gasteiger partial charge < -0.3 is 15.8 Å². The van der Waals surface area contributed by atoms with Crippen LogP contribution in [0.3, 0.4) is 0 Å². The first-order valence-electron chi connectivity index (χ1n) is 8.49. The van der Waals surface area contributed by atoms with Gasteiger partial charge in [0.25, 0.3) is 0 Å². The summed E-state index contributed by atoms with van der Waals surface area (Å²) in [5.41, 5.74) is 8.69. The van der Waals surface area contributed by atoms with Crippen molar-refractivity contribution in [3.63, 3.8) is 0 Å². The number of nitrogens with one attached hydrogen (secondary N) is 1. The number of nitrogens with two attached hydrogens (primary N) is 1. The van der Waals surface area contributed by atoms with Crippen molar-refractivity contribution in [3.05, 3.63) is 53.6 Å². The lowest BCUT2D eigenvalue weighted by Crippen LogP contribution is -2.54. The van der Waals surface area contributed by atoms with Gasteiger partial charge in [0.05, 0.1) is 0 Å². The summed E-state index contributed by atoms with van der Waals surface area (Å²) in [5.74, 6) is -0.134. The van der Waals surface area contributed by atoms with E-state index in [-0.39, 0.29) is 18.3 Å². The summed E-state index contributed by atoms with van der Waals surface area (Å²) >= 11 is 1.72. The molecule has 4 nitrogen and oxygen atoms in total. The number of aryl methyl sites for hydroxylation is 2. The average molecular weight is 393 g/mol. The van der Waals surface area contributed by atoms with E-state index in [9.17, 15) is 4.79 Å². The van der Waals surface area contributed by atoms with Crippen molar-refractivity contribution >= 4 is 35.8 Å². The molecule has 3 N–H and O–H groups in total. The number of benzene rings is 2. The van der Waals surface area contributed by atoms with Crippen molar-refractivity contribution in [1.29, 1.82) is 0 Å². The molecule has 2 aromatic carbocycles. The molecule has 1 amide bonds. The quantitative estimate of drug-likeness (QED) is 0.813. The first kappa shape index (κ1) is 20.8. The van der Waals surface area contributed by atoms with Crippen LogP contribution in [-0.4, -0.2) is 24.7 Å². The van der Waals surface area contributed by atoms with Gasteiger partial charge in [-0.3, -0.25) is 4.79 Å². The van der Waals surface area contributed by atoms with Crippen LogP contribution in [-0.2, 0) is 9.53 Å². The van der Waals surface area contributed by atoms with Crippen molar-refractivity contribution in [3.8, 4) is 0 Å². The minimum absolute atomic E-state index is 0. The summed E-state index contributed by atoms with van der Waals surface area (Å²) in [6.07, 6.45) is 1.11. The topological polar surface area (TPSA) is 64.4 Å². The molecular formula is C20H25ClN2O2S. The van der Waals surface area contributed by atoms with Gasteiger partial charge in [0.15, 0.2) is 0 Å². The summed E-state index contributed by atoms with van der Waals surface area (Å²) in [7, 11) is 0. The molecule has 0 bridgehead atoms. The second-order valence-electron chi connectivity index (χ2n) is 6.62. The Hall–Kier alpha value is -1.53. The van der Waals surface area contributed by atoms with Crippen LogP contribution in [0.2, 0.25) is 0 Å². The Bertz CT molecular complexity index is 759. The van der Waals surface area contributed by atoms with Crippen LogP contribution in [0, 0.1) is 13.8 Å². The van der Waals surface area contributed by atoms with Crippen LogP contribution in [0.25, 0.3) is 0 Å². The highest BCUT2D eigenvalue weighted by atomic mass is 35.5. The number of amides is 1. The SMILES string of the molecule is Cc1ccc(Sc2ccc(NC(=O)C3(N)CCOCC3)cc2)c(C)c1.Cl. The summed E-state index contributed by atoms with van der Waals surface area (Å²) in [5, 5.41) is 2.93. The maximum atomic E-state index is 12.4. The molecule has 0 radical (unpaired) electrons. The molecule has 1 aliphatic rings. The average Bonchev–Trinajstić information content (AvgIpc) is 2.59. The Morgan fingerprint density at radius 3 is 2.38 bits per heavy atom. The van der Waals surface area contributed by atoms with E-state index in [1.54, 1.807) is 11.8 Å². The van der Waals surface area contributed by atoms with Crippen molar-refractivity contribution in [2.24, 2.45) is 5.73 Å². The first-order valence-corrected chi connectivity index (χ1v) is 9.31. The molecular weight excluding hydrogens is 368 g/mol. The number of rotatable bonds is 4. The Morgan fingerprint density at radius 2 is 1.77 bits per heavy atom. The predicted octanol–water partition coefficient (Wildman–Crippen LogP) is 4.32. The molecule has 1 heterocycles. The van der Waals surface area contributed by atoms with Crippen LogP contribution in [0.5, 0.6) is 0 Å². The molecule has 1 aliphatic heterocycles. The third-order valence-corrected chi connectivity index (χ3v) is 5.69. The largest absolute Gasteiger partial charge is 0.381 e. The van der Waals surface area contributed by atoms with Gasteiger partial charge >= 0.3 is 0 Å². The van der Waals surface area contributed by atoms with Crippen molar-refractivity contribution in [2.45, 2.75) is 42.0 Å². The monoisotopic (exact) mass is 392 g/mol. The highest BCUT2D eigenvalue weighted by Gasteiger charge is 2.35. The number of carbonyl (C=O) groups is 1. The number of carbonyl (C=O) groups excluding carboxylic acids is 1. The molecule has 6 heteroatoms. The second kappa shape index (κ2) is 8.91. The van der Waals surface area contributed by atoms with Crippen LogP contribution in [0.15, 0.2) is 52.3 Å². The fourth-order valence-corrected chi connectivity index (χ4v) is 3.75. The fraction of sp³-hybridized carbons (Fsp3) is 0.350. The van der Waals surface area contributed by atoms with Gasteiger partial charge in [-0.2, -0.15) is 0 Å². The van der Waals surface area contributed by atoms with Crippen LogP contribution in [0.1, 0.15) is 24.0 Å². The zero-order valence-electron chi connectivity index (χ0n) is 15.1. The van der Waals surface area contributed by atoms with Gasteiger partial charge in [-0.25, -0.2) is 0 Å². The highest BCUT2D eigenvalue weighted by molar-refractivity contribution is 7.99. The smallest absolute Gasteiger partial charge is 0.244 e. The number of halogens is 1. The molecule has 2 aromatic rings. The normalized spacial score (nSPS) is 15.8. The van der Waals surface area contributed by atoms with Crippen LogP contribution in [0.4, 0.5) is 5.69 Å². The molecule has 0 spiro atoms. The molecule has 26 heavy (non-hydrogen) atoms. The molecule has 0 aliphatic carbocycles. The lowest BCUT2D eigenvalue weighted by Gasteiger charge is -2.31. The Balaban J connectivity index is 0.00000243. The van der Waals surface area contributed by atoms with Crippen LogP contribution >= 0.6 is 24.2 Å². The molecule has 140 valence electrons. The van der Waals surface area contributed by atoms with Gasteiger partial charge in [0.1, 0.15) is 5.54 Å². The van der Waals surface area contributed by atoms with Crippen molar-refractivity contribution < 1.29 is 9.53 Å². The van der Waals surface area contributed by atoms with Gasteiger partial charge in [0.2, 0.25) is 5.91 Å². The minimum Gasteiger partial charge on any atom is -0.381 e. The summed E-state index contributed by atoms with van der Waals surface area (Å²) in [6, 6.07) is 14.3. The van der Waals surface area contributed by atoms with E-state index in [1.807, 2.05) is 24.3 Å². The maximum Gasteiger partial charge on any atom is 0.244 e. The molecule has 0 aromatic heterocycles. The second-order valence-corrected chi connectivity index (χ2v) is 7.73. The minimum atomic E-state index is -0.829. The van der Waals surface area contributed by atoms with E-state index in [2.05, 4.69) is 37.4 Å². The standard InChI is InChI=1S/C20H24N2O2S.ClH/c1-14-3-8-18(15(2)13-14)25-17-6-4-16(5-7-17)22-19(23)20(21)9-11-24-12-10-20;/h3-8,13H,9-12,21H2,1-2H3,(H,22,23);1H. The van der Waals surface area contributed by atoms with Gasteiger partial charge in [-0.05, 0) is 62.6 Å². The van der Waals surface area contributed by atoms with Crippen molar-refractivity contribution in [1.82, 2.24) is 0 Å². The Morgan fingerprint density at radius 1 is 1.12 bits per heavy atom. The highest BCUT2D eigenvalue weighted by Crippen LogP contribution is 2.31. The number of anilines is 1. The fourth-order valence-electron chi connectivity index (χ4n) is 2.87. The predicted molar refractivity (Wildman–Crippen MR) is 109 cm³/mol. The molecule has 0 atom stereocenters. The van der Waals surface area contributed by atoms with E-state index < -0.39 is 5.54 Å². The van der Waals surface area contributed by atoms with Gasteiger partial charge in [0, 0.05) is 28.7 Å². The molecule has 0 unspecified atom stereocenters. The van der Waals surface area contributed by atoms with E-state index in [0.717, 1.165) is 10.6 Å². The molecule has 3 rings (SSSR count). The number of ether oxygens (including phenoxy) is 1. The van der Waals surface area contributed by atoms with E-state index >= 15 is 0 Å². The Kier molecular flexibility index (Phi) is 7.12. The zero-order valence-corrected chi connectivity index (χ0v) is 16.7. The lowest BCUT2D eigenvalue weighted by atomic mass is 9.90. The van der Waals surface area contributed by atoms with E-state index in [4.69, 9.17) is 10.5 Å². The van der Waals surface area contributed by atoms with Crippen LogP contribution < -0.4 is 11.1 Å². The first-order chi connectivity index (χ1) is 12.0. The summed E-state index contributed by atoms with van der Waals surface area (Å²) in [6.45, 7) is 5.30. The summed E-state index contributed by atoms with van der Waals surface area (Å²) in [4.78, 5) is 14.8. The molecule has 1 saturated heterocycles. The van der Waals surface area contributed by atoms with Gasteiger partial charge in [-0.15, -0.1) is 12.4 Å². The summed E-state index contributed by atoms with van der Waals surface area (Å²) < 4.78 is 5.29. The molecule has 1 fully saturated rings. The lowest BCUT2D eigenvalue weighted by molar-refractivity contribution is -0.124. The maximum absolute atomic E-state index is 12.4.